The molecule has 8 aliphatic rings. The predicted molar refractivity (Wildman–Crippen MR) is 254 cm³/mol. The molecular formula is C58H47NOS. The second kappa shape index (κ2) is 13.1. The van der Waals surface area contributed by atoms with Crippen molar-refractivity contribution in [2.45, 2.75) is 60.0 Å². The van der Waals surface area contributed by atoms with Crippen LogP contribution in [0.3, 0.4) is 0 Å². The number of hydrogen-bond acceptors (Lipinski definition) is 3. The minimum atomic E-state index is 0.335. The van der Waals surface area contributed by atoms with Gasteiger partial charge in [-0.3, -0.25) is 0 Å². The SMILES string of the molecule is C1=CCC2C(=C1)c1cc(-c3ccc4c(c3)oc3ccc(N(c5ccc(-c6ccccc6)cc5)c5ccc6c(c5)SC5C=CC=CC65)cc34)ccc1C21C2CC3CC(C2)CC1C3. The van der Waals surface area contributed by atoms with Crippen molar-refractivity contribution in [3.8, 4) is 22.3 Å². The molecule has 3 atom stereocenters. The van der Waals surface area contributed by atoms with E-state index < -0.39 is 0 Å². The maximum Gasteiger partial charge on any atom is 0.136 e. The summed E-state index contributed by atoms with van der Waals surface area (Å²) in [5, 5.41) is 2.75. The molecule has 0 N–H and O–H groups in total. The van der Waals surface area contributed by atoms with E-state index in [4.69, 9.17) is 4.42 Å². The summed E-state index contributed by atoms with van der Waals surface area (Å²) in [6, 6.07) is 48.0. The third-order valence-electron chi connectivity index (χ3n) is 16.3. The number of hydrogen-bond donors (Lipinski definition) is 0. The molecule has 4 saturated carbocycles. The number of benzene rings is 6. The number of rotatable bonds is 5. The topological polar surface area (TPSA) is 16.4 Å². The monoisotopic (exact) mass is 805 g/mol. The normalized spacial score (nSPS) is 28.3. The van der Waals surface area contributed by atoms with Crippen molar-refractivity contribution < 1.29 is 4.42 Å². The predicted octanol–water partition coefficient (Wildman–Crippen LogP) is 15.7. The Balaban J connectivity index is 0.849. The van der Waals surface area contributed by atoms with Crippen LogP contribution in [0.1, 0.15) is 61.1 Å². The second-order valence-electron chi connectivity index (χ2n) is 19.2. The van der Waals surface area contributed by atoms with Crippen molar-refractivity contribution in [2.75, 3.05) is 4.90 Å². The number of anilines is 3. The number of fused-ring (bicyclic) bond motifs is 9. The molecule has 0 amide bonds. The number of allylic oxidation sites excluding steroid dienone is 7. The molecule has 1 spiro atoms. The van der Waals surface area contributed by atoms with Gasteiger partial charge in [-0.05, 0) is 173 Å². The molecule has 2 nitrogen and oxygen atoms in total. The molecule has 296 valence electrons. The van der Waals surface area contributed by atoms with Gasteiger partial charge in [0.05, 0.1) is 0 Å². The number of nitrogens with zero attached hydrogens (tertiary/aromatic N) is 1. The molecule has 1 aromatic heterocycles. The van der Waals surface area contributed by atoms with Crippen molar-refractivity contribution in [1.82, 2.24) is 0 Å². The maximum atomic E-state index is 6.72. The van der Waals surface area contributed by atoms with Crippen molar-refractivity contribution in [2.24, 2.45) is 29.6 Å². The van der Waals surface area contributed by atoms with Crippen LogP contribution in [0.5, 0.6) is 0 Å². The maximum absolute atomic E-state index is 6.72. The highest BCUT2D eigenvalue weighted by Gasteiger charge is 2.64. The van der Waals surface area contributed by atoms with Gasteiger partial charge < -0.3 is 9.32 Å². The average Bonchev–Trinajstić information content (AvgIpc) is 3.96. The summed E-state index contributed by atoms with van der Waals surface area (Å²) >= 11 is 1.98. The van der Waals surface area contributed by atoms with E-state index in [9.17, 15) is 0 Å². The van der Waals surface area contributed by atoms with Crippen molar-refractivity contribution in [3.05, 3.63) is 187 Å². The Morgan fingerprint density at radius 3 is 2.15 bits per heavy atom. The molecular weight excluding hydrogens is 759 g/mol. The van der Waals surface area contributed by atoms with E-state index in [1.165, 1.54) is 76.8 Å². The second-order valence-corrected chi connectivity index (χ2v) is 20.4. The summed E-state index contributed by atoms with van der Waals surface area (Å²) in [5.74, 6) is 4.71. The van der Waals surface area contributed by atoms with E-state index in [2.05, 4.69) is 175 Å². The smallest absolute Gasteiger partial charge is 0.136 e. The Morgan fingerprint density at radius 1 is 0.574 bits per heavy atom. The largest absolute Gasteiger partial charge is 0.456 e. The van der Waals surface area contributed by atoms with Gasteiger partial charge in [-0.2, -0.15) is 0 Å². The van der Waals surface area contributed by atoms with E-state index in [-0.39, 0.29) is 0 Å². The van der Waals surface area contributed by atoms with Crippen LogP contribution in [0.2, 0.25) is 0 Å². The molecule has 0 saturated heterocycles. The van der Waals surface area contributed by atoms with Gasteiger partial charge in [0.2, 0.25) is 0 Å². The zero-order valence-electron chi connectivity index (χ0n) is 34.2. The van der Waals surface area contributed by atoms with Gasteiger partial charge in [0.25, 0.3) is 0 Å². The Morgan fingerprint density at radius 2 is 1.30 bits per heavy atom. The van der Waals surface area contributed by atoms with Gasteiger partial charge in [0.1, 0.15) is 11.2 Å². The van der Waals surface area contributed by atoms with Gasteiger partial charge in [-0.25, -0.2) is 0 Å². The summed E-state index contributed by atoms with van der Waals surface area (Å²) in [5.41, 5.74) is 16.8. The fourth-order valence-electron chi connectivity index (χ4n) is 14.0. The number of furan rings is 1. The van der Waals surface area contributed by atoms with Gasteiger partial charge in [0.15, 0.2) is 0 Å². The zero-order valence-corrected chi connectivity index (χ0v) is 35.0. The Bertz CT molecular complexity index is 3040. The lowest BCUT2D eigenvalue weighted by atomic mass is 9.41. The van der Waals surface area contributed by atoms with Crippen LogP contribution < -0.4 is 4.90 Å². The molecule has 7 aliphatic carbocycles. The summed E-state index contributed by atoms with van der Waals surface area (Å²) in [6.07, 6.45) is 24.9. The van der Waals surface area contributed by atoms with Crippen LogP contribution >= 0.6 is 11.8 Å². The Hall–Kier alpha value is -5.77. The zero-order chi connectivity index (χ0) is 39.8. The number of thioether (sulfide) groups is 1. The van der Waals surface area contributed by atoms with E-state index in [1.54, 1.807) is 11.1 Å². The van der Waals surface area contributed by atoms with E-state index >= 15 is 0 Å². The minimum Gasteiger partial charge on any atom is -0.456 e. The molecule has 4 bridgehead atoms. The van der Waals surface area contributed by atoms with Gasteiger partial charge in [0, 0.05) is 49.3 Å². The standard InChI is InChI=1S/C58H47NOS/c1-2-8-37(9-3-1)38-14-18-43(19-15-38)59(45-20-23-49-48-11-5-7-13-56(48)61-57(49)34-45)44-21-25-54-51(33-44)47-22-16-40(32-55(47)60-54)39-17-24-53-50(31-39)46-10-4-6-12-52(46)58(53)41-27-35-26-36(29-41)30-42(58)28-35/h1-11,13-25,31-36,41-42,48,52,56H,12,26-30H2. The third-order valence-corrected chi connectivity index (χ3v) is 17.6. The van der Waals surface area contributed by atoms with Crippen LogP contribution in [-0.2, 0) is 5.41 Å². The summed E-state index contributed by atoms with van der Waals surface area (Å²) in [6.45, 7) is 0. The highest BCUT2D eigenvalue weighted by atomic mass is 32.2. The molecule has 1 aliphatic heterocycles. The first-order chi connectivity index (χ1) is 30.2. The fraction of sp³-hybridized carbons (Fsp3) is 0.241. The quantitative estimate of drug-likeness (QED) is 0.172. The lowest BCUT2D eigenvalue weighted by molar-refractivity contribution is -0.0748. The van der Waals surface area contributed by atoms with Crippen LogP contribution in [-0.4, -0.2) is 5.25 Å². The molecule has 6 aromatic carbocycles. The summed E-state index contributed by atoms with van der Waals surface area (Å²) in [7, 11) is 0. The molecule has 2 heterocycles. The highest BCUT2D eigenvalue weighted by molar-refractivity contribution is 8.00. The Kier molecular flexibility index (Phi) is 7.50. The third kappa shape index (κ3) is 5.11. The molecule has 15 rings (SSSR count). The highest BCUT2D eigenvalue weighted by Crippen LogP contribution is 2.71. The lowest BCUT2D eigenvalue weighted by Gasteiger charge is -2.62. The van der Waals surface area contributed by atoms with Crippen molar-refractivity contribution in [1.29, 1.82) is 0 Å². The molecule has 3 unspecified atom stereocenters. The average molecular weight is 806 g/mol. The first-order valence-corrected chi connectivity index (χ1v) is 23.6. The van der Waals surface area contributed by atoms with E-state index in [0.717, 1.165) is 62.7 Å². The molecule has 7 aromatic rings. The Labute approximate surface area is 362 Å². The lowest BCUT2D eigenvalue weighted by Crippen LogP contribution is -2.57. The van der Waals surface area contributed by atoms with Crippen molar-refractivity contribution >= 4 is 56.3 Å². The van der Waals surface area contributed by atoms with Crippen LogP contribution in [0.4, 0.5) is 17.1 Å². The van der Waals surface area contributed by atoms with Crippen molar-refractivity contribution in [3.63, 3.8) is 0 Å². The van der Waals surface area contributed by atoms with Crippen LogP contribution in [0.15, 0.2) is 179 Å². The minimum absolute atomic E-state index is 0.335. The van der Waals surface area contributed by atoms with Gasteiger partial charge in [-0.15, -0.1) is 11.8 Å². The molecule has 61 heavy (non-hydrogen) atoms. The molecule has 3 heteroatoms. The van der Waals surface area contributed by atoms with E-state index in [0.29, 0.717) is 22.5 Å². The summed E-state index contributed by atoms with van der Waals surface area (Å²) in [4.78, 5) is 3.78. The molecule has 0 radical (unpaired) electrons. The summed E-state index contributed by atoms with van der Waals surface area (Å²) < 4.78 is 6.72. The van der Waals surface area contributed by atoms with Crippen LogP contribution in [0, 0.1) is 29.6 Å². The first-order valence-electron chi connectivity index (χ1n) is 22.8. The van der Waals surface area contributed by atoms with E-state index in [1.807, 2.05) is 11.8 Å². The van der Waals surface area contributed by atoms with Gasteiger partial charge in [-0.1, -0.05) is 109 Å². The van der Waals surface area contributed by atoms with Crippen LogP contribution in [0.25, 0.3) is 49.8 Å². The fourth-order valence-corrected chi connectivity index (χ4v) is 15.4. The van der Waals surface area contributed by atoms with Gasteiger partial charge >= 0.3 is 0 Å². The first kappa shape index (κ1) is 34.9. The molecule has 4 fully saturated rings.